The summed E-state index contributed by atoms with van der Waals surface area (Å²) in [5.41, 5.74) is 1.58. The van der Waals surface area contributed by atoms with E-state index in [2.05, 4.69) is 15.2 Å². The fraction of sp³-hybridized carbons (Fsp3) is 0.444. The number of oxazole rings is 1. The molecule has 1 amide bonds. The zero-order valence-corrected chi connectivity index (χ0v) is 15.4. The average molecular weight is 371 g/mol. The van der Waals surface area contributed by atoms with Crippen molar-refractivity contribution in [2.45, 2.75) is 42.7 Å². The predicted octanol–water partition coefficient (Wildman–Crippen LogP) is 3.15. The van der Waals surface area contributed by atoms with Crippen molar-refractivity contribution in [1.82, 2.24) is 24.6 Å². The molecular formula is C18H21N5O2S. The van der Waals surface area contributed by atoms with Gasteiger partial charge in [0.1, 0.15) is 18.2 Å². The van der Waals surface area contributed by atoms with Crippen LogP contribution in [0.1, 0.15) is 32.2 Å². The largest absolute Gasteiger partial charge is 0.431 e. The van der Waals surface area contributed by atoms with Crippen LogP contribution in [-0.4, -0.2) is 48.9 Å². The highest BCUT2D eigenvalue weighted by Gasteiger charge is 2.29. The number of hydrogen-bond donors (Lipinski definition) is 0. The second-order valence-electron chi connectivity index (χ2n) is 6.43. The van der Waals surface area contributed by atoms with Crippen LogP contribution in [0.5, 0.6) is 0 Å². The van der Waals surface area contributed by atoms with Crippen LogP contribution in [0.25, 0.3) is 11.1 Å². The molecule has 3 aromatic rings. The van der Waals surface area contributed by atoms with E-state index in [4.69, 9.17) is 4.42 Å². The summed E-state index contributed by atoms with van der Waals surface area (Å²) in [6, 6.07) is 8.04. The third kappa shape index (κ3) is 3.46. The molecule has 2 aromatic heterocycles. The topological polar surface area (TPSA) is 77.0 Å². The first-order valence-corrected chi connectivity index (χ1v) is 9.77. The monoisotopic (exact) mass is 371 g/mol. The van der Waals surface area contributed by atoms with Crippen LogP contribution >= 0.6 is 11.8 Å². The average Bonchev–Trinajstić information content (AvgIpc) is 3.35. The molecule has 8 heteroatoms. The number of rotatable bonds is 5. The van der Waals surface area contributed by atoms with Crippen molar-refractivity contribution in [2.24, 2.45) is 0 Å². The number of carbonyl (C=O) groups is 1. The van der Waals surface area contributed by atoms with E-state index in [1.165, 1.54) is 11.8 Å². The van der Waals surface area contributed by atoms with Crippen LogP contribution in [0.3, 0.4) is 0 Å². The van der Waals surface area contributed by atoms with Crippen LogP contribution < -0.4 is 0 Å². The van der Waals surface area contributed by atoms with E-state index in [1.54, 1.807) is 12.7 Å². The van der Waals surface area contributed by atoms with Crippen molar-refractivity contribution in [3.05, 3.63) is 36.9 Å². The number of amides is 1. The maximum atomic E-state index is 12.9. The van der Waals surface area contributed by atoms with Gasteiger partial charge in [0.2, 0.25) is 5.91 Å². The number of para-hydroxylation sites is 2. The molecule has 4 rings (SSSR count). The van der Waals surface area contributed by atoms with Gasteiger partial charge >= 0.3 is 0 Å². The Morgan fingerprint density at radius 1 is 1.27 bits per heavy atom. The Bertz CT molecular complexity index is 838. The Balaban J connectivity index is 1.39. The summed E-state index contributed by atoms with van der Waals surface area (Å²) in [6.45, 7) is 3.54. The van der Waals surface area contributed by atoms with E-state index in [0.29, 0.717) is 11.3 Å². The lowest BCUT2D eigenvalue weighted by Gasteiger charge is -2.34. The lowest BCUT2D eigenvalue weighted by Crippen LogP contribution is -2.43. The first-order chi connectivity index (χ1) is 12.7. The highest BCUT2D eigenvalue weighted by molar-refractivity contribution is 8.00. The zero-order valence-electron chi connectivity index (χ0n) is 14.6. The molecule has 0 spiro atoms. The smallest absolute Gasteiger partial charge is 0.257 e. The fourth-order valence-electron chi connectivity index (χ4n) is 3.32. The van der Waals surface area contributed by atoms with E-state index >= 15 is 0 Å². The van der Waals surface area contributed by atoms with E-state index in [1.807, 2.05) is 40.7 Å². The summed E-state index contributed by atoms with van der Waals surface area (Å²) in [4.78, 5) is 19.4. The lowest BCUT2D eigenvalue weighted by molar-refractivity contribution is -0.131. The minimum absolute atomic E-state index is 0.168. The molecular weight excluding hydrogens is 350 g/mol. The Labute approximate surface area is 155 Å². The van der Waals surface area contributed by atoms with Crippen molar-refractivity contribution in [2.75, 3.05) is 13.1 Å². The predicted molar refractivity (Wildman–Crippen MR) is 98.8 cm³/mol. The third-order valence-electron chi connectivity index (χ3n) is 4.80. The summed E-state index contributed by atoms with van der Waals surface area (Å²) in [6.07, 6.45) is 6.09. The Morgan fingerprint density at radius 3 is 2.69 bits per heavy atom. The summed E-state index contributed by atoms with van der Waals surface area (Å²) < 4.78 is 7.80. The molecule has 1 aliphatic rings. The molecule has 26 heavy (non-hydrogen) atoms. The normalized spacial score (nSPS) is 16.9. The Kier molecular flexibility index (Phi) is 4.92. The quantitative estimate of drug-likeness (QED) is 0.641. The zero-order chi connectivity index (χ0) is 17.9. The number of likely N-dealkylation sites (tertiary alicyclic amines) is 1. The van der Waals surface area contributed by atoms with Gasteiger partial charge in [-0.25, -0.2) is 4.98 Å². The van der Waals surface area contributed by atoms with Crippen LogP contribution in [0.2, 0.25) is 0 Å². The fourth-order valence-corrected chi connectivity index (χ4v) is 4.27. The van der Waals surface area contributed by atoms with Gasteiger partial charge in [-0.1, -0.05) is 30.8 Å². The van der Waals surface area contributed by atoms with Gasteiger partial charge in [0.15, 0.2) is 5.58 Å². The highest BCUT2D eigenvalue weighted by atomic mass is 32.2. The maximum absolute atomic E-state index is 12.9. The van der Waals surface area contributed by atoms with Gasteiger partial charge in [0, 0.05) is 19.1 Å². The molecule has 1 atom stereocenters. The molecule has 1 aromatic carbocycles. The van der Waals surface area contributed by atoms with Crippen molar-refractivity contribution < 1.29 is 9.21 Å². The molecule has 0 aliphatic carbocycles. The molecule has 1 fully saturated rings. The van der Waals surface area contributed by atoms with Gasteiger partial charge in [-0.05, 0) is 31.4 Å². The van der Waals surface area contributed by atoms with Gasteiger partial charge in [-0.2, -0.15) is 0 Å². The SMILES string of the molecule is CC[C@H](Sc1nc2ccccc2o1)C(=O)N1CCC(n2cnnc2)CC1. The van der Waals surface area contributed by atoms with Gasteiger partial charge in [0.25, 0.3) is 5.22 Å². The minimum Gasteiger partial charge on any atom is -0.431 e. The summed E-state index contributed by atoms with van der Waals surface area (Å²) in [7, 11) is 0. The molecule has 1 saturated heterocycles. The molecule has 136 valence electrons. The third-order valence-corrected chi connectivity index (χ3v) is 5.99. The second-order valence-corrected chi connectivity index (χ2v) is 7.58. The number of piperidine rings is 1. The number of benzene rings is 1. The van der Waals surface area contributed by atoms with Crippen LogP contribution in [0.4, 0.5) is 0 Å². The lowest BCUT2D eigenvalue weighted by atomic mass is 10.0. The van der Waals surface area contributed by atoms with Gasteiger partial charge in [-0.3, -0.25) is 4.79 Å². The molecule has 0 bridgehead atoms. The molecule has 1 aliphatic heterocycles. The Morgan fingerprint density at radius 2 is 2.00 bits per heavy atom. The summed E-state index contributed by atoms with van der Waals surface area (Å²) in [5.74, 6) is 0.168. The van der Waals surface area contributed by atoms with Crippen LogP contribution in [0, 0.1) is 0 Å². The summed E-state index contributed by atoms with van der Waals surface area (Å²) >= 11 is 1.42. The van der Waals surface area contributed by atoms with E-state index in [9.17, 15) is 4.79 Å². The van der Waals surface area contributed by atoms with E-state index < -0.39 is 0 Å². The Hall–Kier alpha value is -2.35. The molecule has 3 heterocycles. The molecule has 0 N–H and O–H groups in total. The number of fused-ring (bicyclic) bond motifs is 1. The van der Waals surface area contributed by atoms with Crippen LogP contribution in [0.15, 0.2) is 46.6 Å². The minimum atomic E-state index is -0.172. The van der Waals surface area contributed by atoms with Crippen molar-refractivity contribution >= 4 is 28.8 Å². The molecule has 7 nitrogen and oxygen atoms in total. The van der Waals surface area contributed by atoms with Gasteiger partial charge < -0.3 is 13.9 Å². The van der Waals surface area contributed by atoms with Crippen molar-refractivity contribution in [3.8, 4) is 0 Å². The second kappa shape index (κ2) is 7.49. The first kappa shape index (κ1) is 17.1. The van der Waals surface area contributed by atoms with E-state index in [-0.39, 0.29) is 11.2 Å². The molecule has 0 saturated carbocycles. The number of carbonyl (C=O) groups excluding carboxylic acids is 1. The van der Waals surface area contributed by atoms with E-state index in [0.717, 1.165) is 43.5 Å². The highest BCUT2D eigenvalue weighted by Crippen LogP contribution is 2.30. The number of nitrogens with zero attached hydrogens (tertiary/aromatic N) is 5. The van der Waals surface area contributed by atoms with Gasteiger partial charge in [-0.15, -0.1) is 10.2 Å². The maximum Gasteiger partial charge on any atom is 0.257 e. The first-order valence-electron chi connectivity index (χ1n) is 8.89. The number of thioether (sulfide) groups is 1. The number of hydrogen-bond acceptors (Lipinski definition) is 6. The van der Waals surface area contributed by atoms with Crippen molar-refractivity contribution in [1.29, 1.82) is 0 Å². The van der Waals surface area contributed by atoms with Gasteiger partial charge in [0.05, 0.1) is 5.25 Å². The van der Waals surface area contributed by atoms with Crippen LogP contribution in [-0.2, 0) is 4.79 Å². The molecule has 0 unspecified atom stereocenters. The van der Waals surface area contributed by atoms with Crippen molar-refractivity contribution in [3.63, 3.8) is 0 Å². The number of aromatic nitrogens is 4. The summed E-state index contributed by atoms with van der Waals surface area (Å²) in [5, 5.41) is 8.13. The standard InChI is InChI=1S/C18H21N5O2S/c1-2-16(26-18-21-14-5-3-4-6-15(14)25-18)17(24)22-9-7-13(8-10-22)23-11-19-20-12-23/h3-6,11-13,16H,2,7-10H2,1H3/t16-/m0/s1. The molecule has 0 radical (unpaired) electrons.